The average molecular weight is 226 g/mol. The van der Waals surface area contributed by atoms with Crippen LogP contribution in [0.2, 0.25) is 0 Å². The van der Waals surface area contributed by atoms with Crippen LogP contribution in [0.25, 0.3) is 0 Å². The third kappa shape index (κ3) is 5.89. The molecule has 0 bridgehead atoms. The summed E-state index contributed by atoms with van der Waals surface area (Å²) in [7, 11) is 1.86. The van der Waals surface area contributed by atoms with E-state index in [0.29, 0.717) is 6.10 Å². The highest BCUT2D eigenvalue weighted by molar-refractivity contribution is 4.72. The van der Waals surface area contributed by atoms with Gasteiger partial charge >= 0.3 is 0 Å². The van der Waals surface area contributed by atoms with Gasteiger partial charge in [-0.1, -0.05) is 51.9 Å². The summed E-state index contributed by atoms with van der Waals surface area (Å²) in [4.78, 5) is 0. The predicted octanol–water partition coefficient (Wildman–Crippen LogP) is 4.94. The zero-order chi connectivity index (χ0) is 11.6. The molecule has 96 valence electrons. The molecule has 0 atom stereocenters. The minimum atomic E-state index is 0.570. The molecule has 0 aromatic rings. The summed E-state index contributed by atoms with van der Waals surface area (Å²) in [6.45, 7) is 2.29. The number of rotatable bonds is 8. The van der Waals surface area contributed by atoms with Gasteiger partial charge in [-0.2, -0.15) is 0 Å². The minimum Gasteiger partial charge on any atom is -0.381 e. The first kappa shape index (κ1) is 14.0. The first-order chi connectivity index (χ1) is 7.86. The number of unbranched alkanes of at least 4 members (excludes halogenated alkanes) is 5. The highest BCUT2D eigenvalue weighted by Gasteiger charge is 2.19. The molecular weight excluding hydrogens is 196 g/mol. The Hall–Kier alpha value is -0.0400. The van der Waals surface area contributed by atoms with E-state index in [1.54, 1.807) is 0 Å². The van der Waals surface area contributed by atoms with Crippen molar-refractivity contribution >= 4 is 0 Å². The van der Waals surface area contributed by atoms with Crippen LogP contribution in [0.15, 0.2) is 0 Å². The normalized spacial score (nSPS) is 25.9. The smallest absolute Gasteiger partial charge is 0.0571 e. The van der Waals surface area contributed by atoms with E-state index in [9.17, 15) is 0 Å². The molecule has 1 rings (SSSR count). The first-order valence-electron chi connectivity index (χ1n) is 7.39. The van der Waals surface area contributed by atoms with Crippen molar-refractivity contribution in [3.8, 4) is 0 Å². The molecule has 1 heteroatoms. The summed E-state index contributed by atoms with van der Waals surface area (Å²) in [5, 5.41) is 0. The van der Waals surface area contributed by atoms with Crippen molar-refractivity contribution < 1.29 is 4.74 Å². The Kier molecular flexibility index (Phi) is 7.92. The van der Waals surface area contributed by atoms with Crippen molar-refractivity contribution in [2.24, 2.45) is 5.92 Å². The molecule has 1 aliphatic carbocycles. The Morgan fingerprint density at radius 2 is 1.50 bits per heavy atom. The number of hydrogen-bond acceptors (Lipinski definition) is 1. The lowest BCUT2D eigenvalue weighted by atomic mass is 9.84. The van der Waals surface area contributed by atoms with Gasteiger partial charge < -0.3 is 4.74 Å². The lowest BCUT2D eigenvalue weighted by molar-refractivity contribution is 0.0551. The molecule has 0 aliphatic heterocycles. The molecule has 1 nitrogen and oxygen atoms in total. The van der Waals surface area contributed by atoms with Gasteiger partial charge in [-0.15, -0.1) is 0 Å². The monoisotopic (exact) mass is 226 g/mol. The Morgan fingerprint density at radius 3 is 2.12 bits per heavy atom. The first-order valence-corrected chi connectivity index (χ1v) is 7.39. The second-order valence-electron chi connectivity index (χ2n) is 5.43. The third-order valence-corrected chi connectivity index (χ3v) is 4.09. The Bertz CT molecular complexity index is 148. The molecule has 0 spiro atoms. The van der Waals surface area contributed by atoms with Gasteiger partial charge in [0.1, 0.15) is 0 Å². The molecule has 0 N–H and O–H groups in total. The SMILES string of the molecule is CCCCCCCCC1CCC(OC)CC1. The second kappa shape index (κ2) is 9.04. The topological polar surface area (TPSA) is 9.23 Å². The number of methoxy groups -OCH3 is 1. The molecule has 1 fully saturated rings. The van der Waals surface area contributed by atoms with Crippen molar-refractivity contribution in [3.05, 3.63) is 0 Å². The summed E-state index contributed by atoms with van der Waals surface area (Å²) in [5.41, 5.74) is 0. The van der Waals surface area contributed by atoms with Crippen LogP contribution in [-0.2, 0) is 4.74 Å². The molecular formula is C15H30O. The number of ether oxygens (including phenoxy) is 1. The maximum absolute atomic E-state index is 5.41. The second-order valence-corrected chi connectivity index (χ2v) is 5.43. The Labute approximate surface area is 102 Å². The van der Waals surface area contributed by atoms with Crippen molar-refractivity contribution in [1.29, 1.82) is 0 Å². The van der Waals surface area contributed by atoms with Crippen LogP contribution < -0.4 is 0 Å². The molecule has 1 aliphatic rings. The summed E-state index contributed by atoms with van der Waals surface area (Å²) < 4.78 is 5.41. The van der Waals surface area contributed by atoms with E-state index in [4.69, 9.17) is 4.74 Å². The Balaban J connectivity index is 1.90. The molecule has 16 heavy (non-hydrogen) atoms. The van der Waals surface area contributed by atoms with Gasteiger partial charge in [0.2, 0.25) is 0 Å². The van der Waals surface area contributed by atoms with E-state index >= 15 is 0 Å². The number of hydrogen-bond donors (Lipinski definition) is 0. The lowest BCUT2D eigenvalue weighted by Gasteiger charge is -2.27. The molecule has 1 saturated carbocycles. The Morgan fingerprint density at radius 1 is 0.875 bits per heavy atom. The predicted molar refractivity (Wildman–Crippen MR) is 70.7 cm³/mol. The van der Waals surface area contributed by atoms with Gasteiger partial charge in [0.25, 0.3) is 0 Å². The van der Waals surface area contributed by atoms with E-state index in [2.05, 4.69) is 6.92 Å². The maximum atomic E-state index is 5.41. The fraction of sp³-hybridized carbons (Fsp3) is 1.00. The van der Waals surface area contributed by atoms with Gasteiger partial charge in [-0.25, -0.2) is 0 Å². The summed E-state index contributed by atoms with van der Waals surface area (Å²) in [6, 6.07) is 0. The zero-order valence-corrected chi connectivity index (χ0v) is 11.3. The largest absolute Gasteiger partial charge is 0.381 e. The molecule has 0 saturated heterocycles. The molecule has 0 radical (unpaired) electrons. The quantitative estimate of drug-likeness (QED) is 0.532. The maximum Gasteiger partial charge on any atom is 0.0571 e. The summed E-state index contributed by atoms with van der Waals surface area (Å²) in [5.74, 6) is 1.01. The van der Waals surface area contributed by atoms with Crippen molar-refractivity contribution in [2.75, 3.05) is 7.11 Å². The van der Waals surface area contributed by atoms with Gasteiger partial charge in [0.05, 0.1) is 6.10 Å². The standard InChI is InChI=1S/C15H30O/c1-3-4-5-6-7-8-9-14-10-12-15(16-2)13-11-14/h14-15H,3-13H2,1-2H3. The fourth-order valence-corrected chi connectivity index (χ4v) is 2.87. The van der Waals surface area contributed by atoms with E-state index in [0.717, 1.165) is 5.92 Å². The minimum absolute atomic E-state index is 0.570. The van der Waals surface area contributed by atoms with Crippen LogP contribution in [0.4, 0.5) is 0 Å². The van der Waals surface area contributed by atoms with Crippen molar-refractivity contribution in [2.45, 2.75) is 83.7 Å². The van der Waals surface area contributed by atoms with E-state index < -0.39 is 0 Å². The van der Waals surface area contributed by atoms with Crippen LogP contribution in [0.1, 0.15) is 77.6 Å². The summed E-state index contributed by atoms with van der Waals surface area (Å²) >= 11 is 0. The van der Waals surface area contributed by atoms with Crippen LogP contribution in [0.3, 0.4) is 0 Å². The van der Waals surface area contributed by atoms with Crippen molar-refractivity contribution in [1.82, 2.24) is 0 Å². The van der Waals surface area contributed by atoms with Crippen LogP contribution in [-0.4, -0.2) is 13.2 Å². The highest BCUT2D eigenvalue weighted by atomic mass is 16.5. The summed E-state index contributed by atoms with van der Waals surface area (Å²) in [6.07, 6.45) is 16.1. The van der Waals surface area contributed by atoms with Gasteiger partial charge in [0, 0.05) is 7.11 Å². The van der Waals surface area contributed by atoms with Gasteiger partial charge in [-0.05, 0) is 31.6 Å². The van der Waals surface area contributed by atoms with E-state index in [1.807, 2.05) is 7.11 Å². The third-order valence-electron chi connectivity index (χ3n) is 4.09. The van der Waals surface area contributed by atoms with Crippen LogP contribution >= 0.6 is 0 Å². The molecule has 0 aromatic carbocycles. The van der Waals surface area contributed by atoms with E-state index in [-0.39, 0.29) is 0 Å². The average Bonchev–Trinajstić information content (AvgIpc) is 2.34. The molecule has 0 unspecified atom stereocenters. The lowest BCUT2D eigenvalue weighted by Crippen LogP contribution is -2.20. The van der Waals surface area contributed by atoms with Crippen molar-refractivity contribution in [3.63, 3.8) is 0 Å². The van der Waals surface area contributed by atoms with E-state index in [1.165, 1.54) is 70.6 Å². The van der Waals surface area contributed by atoms with Gasteiger partial charge in [-0.3, -0.25) is 0 Å². The molecule has 0 aromatic heterocycles. The molecule has 0 heterocycles. The fourth-order valence-electron chi connectivity index (χ4n) is 2.87. The van der Waals surface area contributed by atoms with Crippen LogP contribution in [0.5, 0.6) is 0 Å². The molecule has 0 amide bonds. The van der Waals surface area contributed by atoms with Gasteiger partial charge in [0.15, 0.2) is 0 Å². The van der Waals surface area contributed by atoms with Crippen LogP contribution in [0, 0.1) is 5.92 Å². The highest BCUT2D eigenvalue weighted by Crippen LogP contribution is 2.29. The zero-order valence-electron chi connectivity index (χ0n) is 11.3.